The molecule has 1 aromatic rings. The van der Waals surface area contributed by atoms with E-state index in [9.17, 15) is 13.2 Å². The maximum atomic E-state index is 12.6. The first-order chi connectivity index (χ1) is 12.3. The molecule has 2 fully saturated rings. The molecule has 2 heterocycles. The van der Waals surface area contributed by atoms with E-state index in [0.29, 0.717) is 26.1 Å². The van der Waals surface area contributed by atoms with Gasteiger partial charge >= 0.3 is 0 Å². The van der Waals surface area contributed by atoms with Gasteiger partial charge in [-0.05, 0) is 44.5 Å². The first-order valence-electron chi connectivity index (χ1n) is 9.26. The molecule has 26 heavy (non-hydrogen) atoms. The molecule has 7 heteroatoms. The lowest BCUT2D eigenvalue weighted by Gasteiger charge is -2.38. The predicted molar refractivity (Wildman–Crippen MR) is 104 cm³/mol. The van der Waals surface area contributed by atoms with Crippen molar-refractivity contribution in [1.29, 1.82) is 0 Å². The molecule has 0 bridgehead atoms. The van der Waals surface area contributed by atoms with E-state index >= 15 is 0 Å². The standard InChI is InChI=1S/C19H29N3O3S/c1-15-5-4-6-18(16(15)2)21-8-10-22(11-9-21)19(23)13-20(3)17-7-12-26(24,25)14-17/h4-6,17H,7-14H2,1-3H3. The van der Waals surface area contributed by atoms with Gasteiger partial charge in [-0.3, -0.25) is 9.69 Å². The number of hydrogen-bond acceptors (Lipinski definition) is 5. The van der Waals surface area contributed by atoms with E-state index < -0.39 is 9.84 Å². The molecule has 2 saturated heterocycles. The van der Waals surface area contributed by atoms with E-state index in [2.05, 4.69) is 36.9 Å². The van der Waals surface area contributed by atoms with Crippen LogP contribution in [0.2, 0.25) is 0 Å². The van der Waals surface area contributed by atoms with Crippen LogP contribution in [0.4, 0.5) is 5.69 Å². The third-order valence-corrected chi connectivity index (χ3v) is 7.52. The number of carbonyl (C=O) groups is 1. The highest BCUT2D eigenvalue weighted by molar-refractivity contribution is 7.91. The first-order valence-corrected chi connectivity index (χ1v) is 11.1. The van der Waals surface area contributed by atoms with Gasteiger partial charge in [0, 0.05) is 37.9 Å². The van der Waals surface area contributed by atoms with Crippen molar-refractivity contribution in [3.63, 3.8) is 0 Å². The highest BCUT2D eigenvalue weighted by Gasteiger charge is 2.32. The van der Waals surface area contributed by atoms with Gasteiger partial charge < -0.3 is 9.80 Å². The average molecular weight is 380 g/mol. The van der Waals surface area contributed by atoms with E-state index in [4.69, 9.17) is 0 Å². The molecule has 1 amide bonds. The highest BCUT2D eigenvalue weighted by Crippen LogP contribution is 2.24. The van der Waals surface area contributed by atoms with E-state index in [-0.39, 0.29) is 23.5 Å². The topological polar surface area (TPSA) is 60.9 Å². The number of benzene rings is 1. The molecule has 2 aliphatic rings. The lowest BCUT2D eigenvalue weighted by Crippen LogP contribution is -2.52. The Morgan fingerprint density at radius 3 is 2.50 bits per heavy atom. The zero-order chi connectivity index (χ0) is 18.9. The Hall–Kier alpha value is -1.60. The monoisotopic (exact) mass is 379 g/mol. The molecule has 1 unspecified atom stereocenters. The van der Waals surface area contributed by atoms with Crippen molar-refractivity contribution in [1.82, 2.24) is 9.80 Å². The number of piperazine rings is 1. The number of rotatable bonds is 4. The maximum absolute atomic E-state index is 12.6. The summed E-state index contributed by atoms with van der Waals surface area (Å²) < 4.78 is 23.3. The molecule has 0 N–H and O–H groups in total. The van der Waals surface area contributed by atoms with E-state index in [1.165, 1.54) is 16.8 Å². The Bertz CT molecular complexity index is 770. The summed E-state index contributed by atoms with van der Waals surface area (Å²) >= 11 is 0. The predicted octanol–water partition coefficient (Wildman–Crippen LogP) is 1.07. The number of likely N-dealkylation sites (N-methyl/N-ethyl adjacent to an activating group) is 1. The van der Waals surface area contributed by atoms with Gasteiger partial charge in [-0.15, -0.1) is 0 Å². The minimum Gasteiger partial charge on any atom is -0.368 e. The molecular formula is C19H29N3O3S. The molecule has 3 rings (SSSR count). The van der Waals surface area contributed by atoms with E-state index in [1.54, 1.807) is 0 Å². The number of sulfone groups is 1. The lowest BCUT2D eigenvalue weighted by molar-refractivity contribution is -0.132. The van der Waals surface area contributed by atoms with Crippen molar-refractivity contribution in [2.45, 2.75) is 26.3 Å². The van der Waals surface area contributed by atoms with Gasteiger partial charge in [-0.2, -0.15) is 0 Å². The second kappa shape index (κ2) is 7.56. The molecule has 2 aliphatic heterocycles. The number of hydrogen-bond donors (Lipinski definition) is 0. The summed E-state index contributed by atoms with van der Waals surface area (Å²) in [7, 11) is -1.06. The maximum Gasteiger partial charge on any atom is 0.236 e. The molecule has 0 spiro atoms. The fraction of sp³-hybridized carbons (Fsp3) is 0.632. The minimum atomic E-state index is -2.92. The summed E-state index contributed by atoms with van der Waals surface area (Å²) in [6.07, 6.45) is 0.631. The SMILES string of the molecule is Cc1cccc(N2CCN(C(=O)CN(C)C3CCS(=O)(=O)C3)CC2)c1C. The molecule has 0 aromatic heterocycles. The number of anilines is 1. The zero-order valence-corrected chi connectivity index (χ0v) is 16.8. The van der Waals surface area contributed by atoms with Gasteiger partial charge in [0.15, 0.2) is 9.84 Å². The van der Waals surface area contributed by atoms with Gasteiger partial charge in [0.2, 0.25) is 5.91 Å². The van der Waals surface area contributed by atoms with Crippen molar-refractivity contribution in [3.05, 3.63) is 29.3 Å². The molecular weight excluding hydrogens is 350 g/mol. The van der Waals surface area contributed by atoms with Crippen LogP contribution in [0.3, 0.4) is 0 Å². The number of nitrogens with zero attached hydrogens (tertiary/aromatic N) is 3. The van der Waals surface area contributed by atoms with Crippen LogP contribution in [0.1, 0.15) is 17.5 Å². The lowest BCUT2D eigenvalue weighted by atomic mass is 10.1. The molecule has 0 radical (unpaired) electrons. The largest absolute Gasteiger partial charge is 0.368 e. The van der Waals surface area contributed by atoms with Crippen molar-refractivity contribution >= 4 is 21.4 Å². The van der Waals surface area contributed by atoms with E-state index in [1.807, 2.05) is 16.8 Å². The summed E-state index contributed by atoms with van der Waals surface area (Å²) in [6, 6.07) is 6.33. The molecule has 1 aromatic carbocycles. The normalized spacial score (nSPS) is 22.8. The quantitative estimate of drug-likeness (QED) is 0.783. The average Bonchev–Trinajstić information content (AvgIpc) is 2.97. The third kappa shape index (κ3) is 4.20. The Labute approximate surface area is 156 Å². The van der Waals surface area contributed by atoms with Crippen LogP contribution in [0, 0.1) is 13.8 Å². The van der Waals surface area contributed by atoms with E-state index in [0.717, 1.165) is 13.1 Å². The van der Waals surface area contributed by atoms with Crippen LogP contribution in [0.5, 0.6) is 0 Å². The molecule has 0 saturated carbocycles. The summed E-state index contributed by atoms with van der Waals surface area (Å²) in [5, 5.41) is 0. The third-order valence-electron chi connectivity index (χ3n) is 5.77. The number of aryl methyl sites for hydroxylation is 1. The smallest absolute Gasteiger partial charge is 0.236 e. The number of carbonyl (C=O) groups excluding carboxylic acids is 1. The second-order valence-electron chi connectivity index (χ2n) is 7.56. The van der Waals surface area contributed by atoms with Crippen molar-refractivity contribution in [3.8, 4) is 0 Å². The van der Waals surface area contributed by atoms with Crippen molar-refractivity contribution in [2.24, 2.45) is 0 Å². The van der Waals surface area contributed by atoms with Gasteiger partial charge in [-0.1, -0.05) is 12.1 Å². The first kappa shape index (κ1) is 19.2. The van der Waals surface area contributed by atoms with Crippen LogP contribution in [0.25, 0.3) is 0 Å². The van der Waals surface area contributed by atoms with Gasteiger partial charge in [-0.25, -0.2) is 8.42 Å². The molecule has 6 nitrogen and oxygen atoms in total. The Morgan fingerprint density at radius 1 is 1.19 bits per heavy atom. The van der Waals surface area contributed by atoms with Crippen molar-refractivity contribution in [2.75, 3.05) is 56.2 Å². The molecule has 144 valence electrons. The van der Waals surface area contributed by atoms with Crippen molar-refractivity contribution < 1.29 is 13.2 Å². The van der Waals surface area contributed by atoms with Crippen LogP contribution in [-0.2, 0) is 14.6 Å². The Morgan fingerprint density at radius 2 is 1.88 bits per heavy atom. The van der Waals surface area contributed by atoms with Gasteiger partial charge in [0.05, 0.1) is 18.1 Å². The second-order valence-corrected chi connectivity index (χ2v) is 9.79. The van der Waals surface area contributed by atoms with Crippen LogP contribution in [0.15, 0.2) is 18.2 Å². The summed E-state index contributed by atoms with van der Waals surface area (Å²) in [5.41, 5.74) is 3.84. The highest BCUT2D eigenvalue weighted by atomic mass is 32.2. The minimum absolute atomic E-state index is 0.0276. The summed E-state index contributed by atoms with van der Waals surface area (Å²) in [6.45, 7) is 7.65. The van der Waals surface area contributed by atoms with Crippen LogP contribution in [-0.4, -0.2) is 81.4 Å². The summed E-state index contributed by atoms with van der Waals surface area (Å²) in [4.78, 5) is 18.8. The zero-order valence-electron chi connectivity index (χ0n) is 15.9. The summed E-state index contributed by atoms with van der Waals surface area (Å²) in [5.74, 6) is 0.513. The fourth-order valence-electron chi connectivity index (χ4n) is 3.84. The van der Waals surface area contributed by atoms with Crippen LogP contribution < -0.4 is 4.90 Å². The Kier molecular flexibility index (Phi) is 5.58. The van der Waals surface area contributed by atoms with Crippen LogP contribution >= 0.6 is 0 Å². The fourth-order valence-corrected chi connectivity index (χ4v) is 5.65. The Balaban J connectivity index is 1.53. The van der Waals surface area contributed by atoms with Gasteiger partial charge in [0.1, 0.15) is 0 Å². The molecule has 0 aliphatic carbocycles. The van der Waals surface area contributed by atoms with Gasteiger partial charge in [0.25, 0.3) is 0 Å². The number of amides is 1. The molecule has 1 atom stereocenters.